The molecule has 0 radical (unpaired) electrons. The smallest absolute Gasteiger partial charge is 0.266 e. The number of nitrogens with two attached hydrogens (primary N) is 1. The van der Waals surface area contributed by atoms with Crippen LogP contribution in [0.5, 0.6) is 0 Å². The highest BCUT2D eigenvalue weighted by atomic mass is 79.9. The third-order valence-corrected chi connectivity index (χ3v) is 5.06. The minimum Gasteiger partial charge on any atom is -0.391 e. The molecule has 0 fully saturated rings. The zero-order chi connectivity index (χ0) is 18.7. The van der Waals surface area contributed by atoms with Crippen molar-refractivity contribution < 1.29 is 9.90 Å². The first-order valence-corrected chi connectivity index (χ1v) is 9.45. The van der Waals surface area contributed by atoms with Crippen LogP contribution in [0, 0.1) is 0 Å². The van der Waals surface area contributed by atoms with Gasteiger partial charge in [0, 0.05) is 4.47 Å². The average molecular weight is 416 g/mol. The number of carbonyl (C=O) groups excluding carboxylic acids is 1. The molecule has 1 aliphatic heterocycles. The van der Waals surface area contributed by atoms with Crippen LogP contribution in [0.25, 0.3) is 0 Å². The molecule has 2 unspecified atom stereocenters. The van der Waals surface area contributed by atoms with Gasteiger partial charge >= 0.3 is 0 Å². The molecule has 1 amide bonds. The van der Waals surface area contributed by atoms with Crippen molar-refractivity contribution in [1.82, 2.24) is 4.90 Å². The van der Waals surface area contributed by atoms with Crippen LogP contribution < -0.4 is 5.73 Å². The van der Waals surface area contributed by atoms with Crippen molar-refractivity contribution in [1.29, 1.82) is 0 Å². The van der Waals surface area contributed by atoms with Crippen LogP contribution in [0.2, 0.25) is 0 Å². The van der Waals surface area contributed by atoms with Crippen LogP contribution in [-0.2, 0) is 10.3 Å². The summed E-state index contributed by atoms with van der Waals surface area (Å²) in [5.74, 6) is -0.108. The van der Waals surface area contributed by atoms with Gasteiger partial charge < -0.3 is 10.8 Å². The lowest BCUT2D eigenvalue weighted by molar-refractivity contribution is -0.131. The summed E-state index contributed by atoms with van der Waals surface area (Å²) in [5, 5.41) is 10.2. The van der Waals surface area contributed by atoms with Gasteiger partial charge in [-0.1, -0.05) is 71.7 Å². The first-order chi connectivity index (χ1) is 12.5. The van der Waals surface area contributed by atoms with E-state index < -0.39 is 11.6 Å². The lowest BCUT2D eigenvalue weighted by Crippen LogP contribution is -2.46. The molecule has 2 aromatic rings. The number of carbonyl (C=O) groups is 1. The Labute approximate surface area is 161 Å². The van der Waals surface area contributed by atoms with Crippen molar-refractivity contribution in [3.8, 4) is 0 Å². The molecule has 5 nitrogen and oxygen atoms in total. The summed E-state index contributed by atoms with van der Waals surface area (Å²) in [6.07, 6.45) is 0.800. The Morgan fingerprint density at radius 3 is 2.54 bits per heavy atom. The van der Waals surface area contributed by atoms with Gasteiger partial charge in [-0.05, 0) is 29.7 Å². The minimum atomic E-state index is -1.24. The second kappa shape index (κ2) is 7.60. The summed E-state index contributed by atoms with van der Waals surface area (Å²) < 4.78 is 0.858. The molecule has 1 heterocycles. The first-order valence-electron chi connectivity index (χ1n) is 8.66. The van der Waals surface area contributed by atoms with Crippen molar-refractivity contribution in [3.63, 3.8) is 0 Å². The summed E-state index contributed by atoms with van der Waals surface area (Å²) >= 11 is 3.47. The van der Waals surface area contributed by atoms with Crippen LogP contribution in [0.3, 0.4) is 0 Å². The van der Waals surface area contributed by atoms with Gasteiger partial charge in [-0.25, -0.2) is 4.99 Å². The van der Waals surface area contributed by atoms with E-state index in [1.54, 1.807) is 0 Å². The van der Waals surface area contributed by atoms with Crippen molar-refractivity contribution in [2.24, 2.45) is 10.7 Å². The van der Waals surface area contributed by atoms with E-state index in [1.807, 2.05) is 61.5 Å². The molecule has 26 heavy (non-hydrogen) atoms. The lowest BCUT2D eigenvalue weighted by Gasteiger charge is -2.28. The van der Waals surface area contributed by atoms with Gasteiger partial charge in [-0.2, -0.15) is 0 Å². The van der Waals surface area contributed by atoms with Gasteiger partial charge in [0.15, 0.2) is 11.5 Å². The zero-order valence-electron chi connectivity index (χ0n) is 14.6. The normalized spacial score (nSPS) is 21.0. The topological polar surface area (TPSA) is 78.9 Å². The number of aliphatic imine (C=N–C) groups is 1. The van der Waals surface area contributed by atoms with E-state index in [1.165, 1.54) is 4.90 Å². The van der Waals surface area contributed by atoms with Gasteiger partial charge in [0.2, 0.25) is 0 Å². The van der Waals surface area contributed by atoms with Gasteiger partial charge in [-0.3, -0.25) is 9.69 Å². The van der Waals surface area contributed by atoms with E-state index in [2.05, 4.69) is 20.9 Å². The molecule has 0 aromatic heterocycles. The Bertz CT molecular complexity index is 825. The van der Waals surface area contributed by atoms with Crippen LogP contribution in [0.15, 0.2) is 64.1 Å². The first kappa shape index (κ1) is 18.6. The van der Waals surface area contributed by atoms with E-state index in [0.29, 0.717) is 6.42 Å². The van der Waals surface area contributed by atoms with Crippen molar-refractivity contribution >= 4 is 27.8 Å². The Balaban J connectivity index is 2.10. The molecule has 0 saturated heterocycles. The highest BCUT2D eigenvalue weighted by Crippen LogP contribution is 2.40. The molecular formula is C20H22BrN3O2. The number of rotatable bonds is 6. The number of β-amino-alcohol motifs (C(OH)–C–C–N with tert-alkyl or cyclic N) is 1. The molecular weight excluding hydrogens is 394 g/mol. The molecule has 2 aromatic carbocycles. The Kier molecular flexibility index (Phi) is 5.44. The van der Waals surface area contributed by atoms with Crippen molar-refractivity contribution in [2.45, 2.75) is 31.4 Å². The predicted molar refractivity (Wildman–Crippen MR) is 106 cm³/mol. The van der Waals surface area contributed by atoms with Gasteiger partial charge in [-0.15, -0.1) is 0 Å². The van der Waals surface area contributed by atoms with Crippen LogP contribution in [-0.4, -0.2) is 34.5 Å². The molecule has 6 heteroatoms. The fraction of sp³-hybridized carbons (Fsp3) is 0.300. The van der Waals surface area contributed by atoms with E-state index in [0.717, 1.165) is 22.0 Å². The zero-order valence-corrected chi connectivity index (χ0v) is 16.2. The highest BCUT2D eigenvalue weighted by molar-refractivity contribution is 9.10. The lowest BCUT2D eigenvalue weighted by atomic mass is 9.83. The Morgan fingerprint density at radius 1 is 1.19 bits per heavy atom. The van der Waals surface area contributed by atoms with Gasteiger partial charge in [0.05, 0.1) is 12.6 Å². The molecule has 3 rings (SSSR count). The number of amides is 1. The fourth-order valence-corrected chi connectivity index (χ4v) is 3.73. The van der Waals surface area contributed by atoms with Crippen LogP contribution in [0.1, 0.15) is 30.9 Å². The molecule has 0 aliphatic carbocycles. The van der Waals surface area contributed by atoms with Crippen molar-refractivity contribution in [3.05, 3.63) is 70.2 Å². The monoisotopic (exact) mass is 415 g/mol. The molecule has 3 N–H and O–H groups in total. The summed E-state index contributed by atoms with van der Waals surface area (Å²) in [6.45, 7) is 2.13. The minimum absolute atomic E-state index is 0.133. The molecule has 2 atom stereocenters. The summed E-state index contributed by atoms with van der Waals surface area (Å²) in [5.41, 5.74) is 6.38. The molecule has 0 bridgehead atoms. The number of aliphatic hydroxyl groups excluding tert-OH is 1. The maximum absolute atomic E-state index is 13.5. The summed E-state index contributed by atoms with van der Waals surface area (Å²) in [6, 6.07) is 16.9. The Morgan fingerprint density at radius 2 is 1.88 bits per heavy atom. The fourth-order valence-electron chi connectivity index (χ4n) is 3.33. The largest absolute Gasteiger partial charge is 0.391 e. The van der Waals surface area contributed by atoms with E-state index in [-0.39, 0.29) is 18.4 Å². The third-order valence-electron chi connectivity index (χ3n) is 4.56. The van der Waals surface area contributed by atoms with Crippen LogP contribution in [0.4, 0.5) is 0 Å². The van der Waals surface area contributed by atoms with Crippen LogP contribution >= 0.6 is 15.9 Å². The predicted octanol–water partition coefficient (Wildman–Crippen LogP) is 3.01. The maximum atomic E-state index is 13.5. The number of nitrogens with zero attached hydrogens (tertiary/aromatic N) is 2. The van der Waals surface area contributed by atoms with Gasteiger partial charge in [0.1, 0.15) is 0 Å². The standard InChI is InChI=1S/C20H22BrN3O2/c1-2-7-17(25)13-24-18(26)20(23-19(24)22,14-8-4-3-5-9-14)15-10-6-11-16(21)12-15/h3-6,8-12,17,25H,2,7,13H2,1H3,(H2,22,23). The van der Waals surface area contributed by atoms with E-state index in [9.17, 15) is 9.90 Å². The third kappa shape index (κ3) is 3.27. The molecule has 0 spiro atoms. The number of guanidine groups is 1. The number of hydrogen-bond donors (Lipinski definition) is 2. The van der Waals surface area contributed by atoms with E-state index >= 15 is 0 Å². The number of aliphatic hydroxyl groups is 1. The quantitative estimate of drug-likeness (QED) is 0.760. The van der Waals surface area contributed by atoms with Gasteiger partial charge in [0.25, 0.3) is 5.91 Å². The number of halogens is 1. The second-order valence-corrected chi connectivity index (χ2v) is 7.33. The SMILES string of the molecule is CCCC(O)CN1C(=O)C(c2ccccc2)(c2cccc(Br)c2)N=C1N. The summed E-state index contributed by atoms with van der Waals surface area (Å²) in [4.78, 5) is 19.5. The molecule has 0 saturated carbocycles. The molecule has 1 aliphatic rings. The average Bonchev–Trinajstić information content (AvgIpc) is 2.88. The Hall–Kier alpha value is -2.18. The summed E-state index contributed by atoms with van der Waals surface area (Å²) in [7, 11) is 0. The van der Waals surface area contributed by atoms with Crippen molar-refractivity contribution in [2.75, 3.05) is 6.54 Å². The van der Waals surface area contributed by atoms with E-state index in [4.69, 9.17) is 5.73 Å². The highest BCUT2D eigenvalue weighted by Gasteiger charge is 2.50. The maximum Gasteiger partial charge on any atom is 0.266 e. The second-order valence-electron chi connectivity index (χ2n) is 6.42. The number of benzene rings is 2. The number of hydrogen-bond acceptors (Lipinski definition) is 4. The molecule has 136 valence electrons.